The van der Waals surface area contributed by atoms with Crippen LogP contribution in [0, 0.1) is 0 Å². The van der Waals surface area contributed by atoms with Crippen molar-refractivity contribution in [3.63, 3.8) is 0 Å². The third kappa shape index (κ3) is 15.0. The van der Waals surface area contributed by atoms with Gasteiger partial charge in [0.15, 0.2) is 0 Å². The van der Waals surface area contributed by atoms with E-state index < -0.39 is 7.82 Å². The number of aliphatic hydroxyl groups excluding tert-OH is 1. The SMILES string of the molecule is CO.Nc1nc(N)nc(N)n1.O=P(O)(O)O. The van der Waals surface area contributed by atoms with Crippen molar-refractivity contribution in [1.29, 1.82) is 0 Å². The summed E-state index contributed by atoms with van der Waals surface area (Å²) in [6.07, 6.45) is 0. The molecule has 16 heavy (non-hydrogen) atoms. The van der Waals surface area contributed by atoms with Gasteiger partial charge in [-0.15, -0.1) is 0 Å². The van der Waals surface area contributed by atoms with Gasteiger partial charge in [-0.25, -0.2) is 4.57 Å². The van der Waals surface area contributed by atoms with E-state index in [-0.39, 0.29) is 17.8 Å². The van der Waals surface area contributed by atoms with Gasteiger partial charge in [-0.2, -0.15) is 15.0 Å². The number of hydrogen-bond acceptors (Lipinski definition) is 8. The maximum absolute atomic E-state index is 8.88. The van der Waals surface area contributed by atoms with Crippen LogP contribution in [0.1, 0.15) is 0 Å². The van der Waals surface area contributed by atoms with Gasteiger partial charge >= 0.3 is 7.82 Å². The van der Waals surface area contributed by atoms with E-state index in [0.717, 1.165) is 7.11 Å². The summed E-state index contributed by atoms with van der Waals surface area (Å²) in [5.74, 6) is 0.125. The highest BCUT2D eigenvalue weighted by molar-refractivity contribution is 7.45. The summed E-state index contributed by atoms with van der Waals surface area (Å²) in [5.41, 5.74) is 15.4. The fourth-order valence-electron chi connectivity index (χ4n) is 0.427. The van der Waals surface area contributed by atoms with Gasteiger partial charge in [-0.1, -0.05) is 0 Å². The normalized spacial score (nSPS) is 9.31. The second-order valence-corrected chi connectivity index (χ2v) is 2.95. The molecule has 11 nitrogen and oxygen atoms in total. The van der Waals surface area contributed by atoms with Gasteiger partial charge < -0.3 is 37.0 Å². The molecule has 0 unspecified atom stereocenters. The van der Waals surface area contributed by atoms with Crippen LogP contribution in [0.3, 0.4) is 0 Å². The molecule has 12 heteroatoms. The van der Waals surface area contributed by atoms with Crippen molar-refractivity contribution >= 4 is 25.7 Å². The highest BCUT2D eigenvalue weighted by atomic mass is 31.2. The number of hydrogen-bond donors (Lipinski definition) is 7. The van der Waals surface area contributed by atoms with Crippen LogP contribution in [0.5, 0.6) is 0 Å². The standard InChI is InChI=1S/C3H6N6.CH4O.H3O4P/c4-1-7-2(5)9-3(6)8-1;1-2;1-5(2,3)4/h(H6,4,5,6,7,8,9);2H,1H3;(H3,1,2,3,4). The summed E-state index contributed by atoms with van der Waals surface area (Å²) >= 11 is 0. The third-order valence-corrected chi connectivity index (χ3v) is 0.687. The van der Waals surface area contributed by atoms with Crippen LogP contribution in [0.2, 0.25) is 0 Å². The number of aliphatic hydroxyl groups is 1. The Hall–Kier alpha value is -1.52. The van der Waals surface area contributed by atoms with E-state index in [9.17, 15) is 0 Å². The number of nitrogens with two attached hydrogens (primary N) is 3. The maximum Gasteiger partial charge on any atom is 0.466 e. The summed E-state index contributed by atoms with van der Waals surface area (Å²) in [4.78, 5) is 32.0. The van der Waals surface area contributed by atoms with Crippen LogP contribution in [0.4, 0.5) is 17.8 Å². The van der Waals surface area contributed by atoms with Gasteiger partial charge in [0.05, 0.1) is 0 Å². The smallest absolute Gasteiger partial charge is 0.400 e. The molecule has 0 aromatic carbocycles. The zero-order valence-corrected chi connectivity index (χ0v) is 9.11. The van der Waals surface area contributed by atoms with Gasteiger partial charge in [0.25, 0.3) is 0 Å². The first kappa shape index (κ1) is 16.9. The maximum atomic E-state index is 8.88. The Labute approximate surface area is 90.2 Å². The zero-order valence-electron chi connectivity index (χ0n) is 8.22. The van der Waals surface area contributed by atoms with E-state index in [2.05, 4.69) is 15.0 Å². The Bertz CT molecular complexity index is 296. The van der Waals surface area contributed by atoms with E-state index in [0.29, 0.717) is 0 Å². The molecule has 0 amide bonds. The number of rotatable bonds is 0. The minimum absolute atomic E-state index is 0.0417. The lowest BCUT2D eigenvalue weighted by molar-refractivity contribution is 0.275. The first-order valence-electron chi connectivity index (χ1n) is 3.44. The molecule has 0 atom stereocenters. The van der Waals surface area contributed by atoms with E-state index in [4.69, 9.17) is 41.6 Å². The minimum Gasteiger partial charge on any atom is -0.400 e. The molecule has 0 radical (unpaired) electrons. The molecular formula is C4H13N6O5P. The van der Waals surface area contributed by atoms with Crippen molar-refractivity contribution in [2.24, 2.45) is 0 Å². The monoisotopic (exact) mass is 256 g/mol. The fourth-order valence-corrected chi connectivity index (χ4v) is 0.427. The molecular weight excluding hydrogens is 243 g/mol. The highest BCUT2D eigenvalue weighted by Crippen LogP contribution is 2.25. The van der Waals surface area contributed by atoms with Crippen LogP contribution < -0.4 is 17.2 Å². The van der Waals surface area contributed by atoms with Gasteiger partial charge in [-0.05, 0) is 0 Å². The molecule has 0 saturated heterocycles. The summed E-state index contributed by atoms with van der Waals surface area (Å²) in [5, 5.41) is 7.00. The van der Waals surface area contributed by atoms with E-state index in [1.807, 2.05) is 0 Å². The Morgan fingerprint density at radius 3 is 1.12 bits per heavy atom. The summed E-state index contributed by atoms with van der Waals surface area (Å²) in [6, 6.07) is 0. The largest absolute Gasteiger partial charge is 0.466 e. The Balaban J connectivity index is 0. The molecule has 0 spiro atoms. The second kappa shape index (κ2) is 7.73. The average molecular weight is 256 g/mol. The van der Waals surface area contributed by atoms with Crippen LogP contribution in [0.15, 0.2) is 0 Å². The molecule has 0 aliphatic heterocycles. The summed E-state index contributed by atoms with van der Waals surface area (Å²) in [6.45, 7) is 0. The molecule has 0 aliphatic rings. The first-order chi connectivity index (χ1) is 7.18. The molecule has 1 heterocycles. The van der Waals surface area contributed by atoms with Crippen LogP contribution in [-0.4, -0.2) is 41.8 Å². The molecule has 1 aromatic rings. The molecule has 0 saturated carbocycles. The predicted octanol–water partition coefficient (Wildman–Crippen LogP) is -2.70. The third-order valence-electron chi connectivity index (χ3n) is 0.687. The number of nitrogen functional groups attached to an aromatic ring is 3. The Morgan fingerprint density at radius 2 is 1.00 bits per heavy atom. The first-order valence-corrected chi connectivity index (χ1v) is 5.00. The highest BCUT2D eigenvalue weighted by Gasteiger charge is 2.00. The summed E-state index contributed by atoms with van der Waals surface area (Å²) < 4.78 is 8.88. The van der Waals surface area contributed by atoms with Crippen LogP contribution in [0.25, 0.3) is 0 Å². The topological polar surface area (TPSA) is 215 Å². The van der Waals surface area contributed by atoms with Crippen LogP contribution >= 0.6 is 7.82 Å². The van der Waals surface area contributed by atoms with Crippen molar-refractivity contribution < 1.29 is 24.4 Å². The van der Waals surface area contributed by atoms with Gasteiger partial charge in [-0.3, -0.25) is 0 Å². The van der Waals surface area contributed by atoms with Crippen molar-refractivity contribution in [2.45, 2.75) is 0 Å². The van der Waals surface area contributed by atoms with E-state index >= 15 is 0 Å². The molecule has 1 rings (SSSR count). The van der Waals surface area contributed by atoms with Crippen LogP contribution in [-0.2, 0) is 4.57 Å². The molecule has 1 aromatic heterocycles. The lowest BCUT2D eigenvalue weighted by Crippen LogP contribution is -2.05. The zero-order chi connectivity index (χ0) is 13.4. The average Bonchev–Trinajstić information content (AvgIpc) is 2.01. The predicted molar refractivity (Wildman–Crippen MR) is 55.5 cm³/mol. The lowest BCUT2D eigenvalue weighted by Gasteiger charge is -1.93. The van der Waals surface area contributed by atoms with Gasteiger partial charge in [0.1, 0.15) is 0 Å². The minimum atomic E-state index is -4.64. The second-order valence-electron chi connectivity index (χ2n) is 1.92. The molecule has 10 N–H and O–H groups in total. The molecule has 94 valence electrons. The number of nitrogens with zero attached hydrogens (tertiary/aromatic N) is 3. The van der Waals surface area contributed by atoms with Crippen molar-refractivity contribution in [3.05, 3.63) is 0 Å². The van der Waals surface area contributed by atoms with E-state index in [1.165, 1.54) is 0 Å². The van der Waals surface area contributed by atoms with Crippen molar-refractivity contribution in [1.82, 2.24) is 15.0 Å². The van der Waals surface area contributed by atoms with E-state index in [1.54, 1.807) is 0 Å². The van der Waals surface area contributed by atoms with Crippen molar-refractivity contribution in [2.75, 3.05) is 24.3 Å². The molecule has 0 fully saturated rings. The van der Waals surface area contributed by atoms with Gasteiger partial charge in [0.2, 0.25) is 17.8 Å². The van der Waals surface area contributed by atoms with Gasteiger partial charge in [0, 0.05) is 7.11 Å². The summed E-state index contributed by atoms with van der Waals surface area (Å²) in [7, 11) is -3.64. The number of anilines is 3. The quantitative estimate of drug-likeness (QED) is 0.237. The van der Waals surface area contributed by atoms with Crippen molar-refractivity contribution in [3.8, 4) is 0 Å². The number of aromatic nitrogens is 3. The Kier molecular flexibility index (Phi) is 8.16. The number of phosphoric acid groups is 1. The molecule has 0 aliphatic carbocycles. The fraction of sp³-hybridized carbons (Fsp3) is 0.250. The lowest BCUT2D eigenvalue weighted by atomic mass is 10.9. The molecule has 0 bridgehead atoms. The Morgan fingerprint density at radius 1 is 0.875 bits per heavy atom.